The molecule has 0 heterocycles. The largest absolute Gasteiger partial charge is 0.484 e. The van der Waals surface area contributed by atoms with Crippen molar-refractivity contribution in [3.05, 3.63) is 58.1 Å². The molecule has 2 aromatic carbocycles. The number of ether oxygens (including phenoxy) is 1. The van der Waals surface area contributed by atoms with Crippen molar-refractivity contribution in [2.24, 2.45) is 0 Å². The number of rotatable bonds is 5. The Morgan fingerprint density at radius 3 is 2.36 bits per heavy atom. The highest BCUT2D eigenvalue weighted by molar-refractivity contribution is 6.42. The molecule has 0 aromatic heterocycles. The molecule has 116 valence electrons. The third kappa shape index (κ3) is 4.65. The van der Waals surface area contributed by atoms with Crippen LogP contribution in [-0.2, 0) is 4.79 Å². The van der Waals surface area contributed by atoms with Crippen LogP contribution in [0.25, 0.3) is 0 Å². The van der Waals surface area contributed by atoms with Gasteiger partial charge in [0.05, 0.1) is 10.0 Å². The van der Waals surface area contributed by atoms with Crippen LogP contribution < -0.4 is 10.1 Å². The molecule has 2 aromatic rings. The molecule has 0 aliphatic heterocycles. The number of carbonyl (C=O) groups is 1. The second-order valence-corrected chi connectivity index (χ2v) is 6.00. The molecule has 0 radical (unpaired) electrons. The minimum atomic E-state index is -0.258. The number of hydrogen-bond donors (Lipinski definition) is 1. The van der Waals surface area contributed by atoms with E-state index in [0.29, 0.717) is 27.4 Å². The van der Waals surface area contributed by atoms with Gasteiger partial charge in [-0.25, -0.2) is 0 Å². The minimum Gasteiger partial charge on any atom is -0.484 e. The number of halogens is 2. The summed E-state index contributed by atoms with van der Waals surface area (Å²) in [4.78, 5) is 11.8. The van der Waals surface area contributed by atoms with E-state index < -0.39 is 0 Å². The average molecular weight is 338 g/mol. The second kappa shape index (κ2) is 7.52. The maximum Gasteiger partial charge on any atom is 0.262 e. The smallest absolute Gasteiger partial charge is 0.262 e. The minimum absolute atomic E-state index is 0.0682. The zero-order chi connectivity index (χ0) is 16.1. The zero-order valence-electron chi connectivity index (χ0n) is 12.4. The fourth-order valence-corrected chi connectivity index (χ4v) is 2.17. The number of anilines is 1. The molecule has 3 nitrogen and oxygen atoms in total. The lowest BCUT2D eigenvalue weighted by Crippen LogP contribution is -2.20. The summed E-state index contributed by atoms with van der Waals surface area (Å²) in [5.41, 5.74) is 1.81. The van der Waals surface area contributed by atoms with Crippen molar-refractivity contribution in [3.63, 3.8) is 0 Å². The maximum atomic E-state index is 11.8. The molecule has 2 rings (SSSR count). The molecule has 1 amide bonds. The van der Waals surface area contributed by atoms with Crippen LogP contribution in [0.4, 0.5) is 5.69 Å². The van der Waals surface area contributed by atoms with Gasteiger partial charge in [0.2, 0.25) is 0 Å². The van der Waals surface area contributed by atoms with Crippen molar-refractivity contribution in [3.8, 4) is 5.75 Å². The van der Waals surface area contributed by atoms with Gasteiger partial charge >= 0.3 is 0 Å². The molecule has 0 aliphatic rings. The molecule has 0 saturated carbocycles. The van der Waals surface area contributed by atoms with Crippen molar-refractivity contribution in [2.45, 2.75) is 19.8 Å². The van der Waals surface area contributed by atoms with Crippen molar-refractivity contribution < 1.29 is 9.53 Å². The molecule has 0 fully saturated rings. The number of hydrogen-bond acceptors (Lipinski definition) is 2. The summed E-state index contributed by atoms with van der Waals surface area (Å²) in [5, 5.41) is 3.54. The molecule has 22 heavy (non-hydrogen) atoms. The summed E-state index contributed by atoms with van der Waals surface area (Å²) < 4.78 is 5.46. The van der Waals surface area contributed by atoms with Gasteiger partial charge in [-0.2, -0.15) is 0 Å². The van der Waals surface area contributed by atoms with Crippen LogP contribution in [0, 0.1) is 0 Å². The summed E-state index contributed by atoms with van der Waals surface area (Å²) >= 11 is 11.7. The number of carbonyl (C=O) groups excluding carboxylic acids is 1. The maximum absolute atomic E-state index is 11.8. The van der Waals surface area contributed by atoms with E-state index in [4.69, 9.17) is 27.9 Å². The van der Waals surface area contributed by atoms with Crippen molar-refractivity contribution in [2.75, 3.05) is 11.9 Å². The van der Waals surface area contributed by atoms with Crippen molar-refractivity contribution >= 4 is 34.8 Å². The van der Waals surface area contributed by atoms with Crippen LogP contribution in [0.15, 0.2) is 42.5 Å². The van der Waals surface area contributed by atoms with Gasteiger partial charge in [0.1, 0.15) is 5.75 Å². The molecule has 0 spiro atoms. The summed E-state index contributed by atoms with van der Waals surface area (Å²) in [5.74, 6) is 0.868. The second-order valence-electron chi connectivity index (χ2n) is 5.19. The zero-order valence-corrected chi connectivity index (χ0v) is 13.9. The van der Waals surface area contributed by atoms with E-state index in [0.717, 1.165) is 0 Å². The van der Waals surface area contributed by atoms with Crippen molar-refractivity contribution in [1.29, 1.82) is 0 Å². The van der Waals surface area contributed by atoms with Crippen LogP contribution >= 0.6 is 23.2 Å². The normalized spacial score (nSPS) is 10.6. The van der Waals surface area contributed by atoms with E-state index in [1.807, 2.05) is 24.3 Å². The fraction of sp³-hybridized carbons (Fsp3) is 0.235. The van der Waals surface area contributed by atoms with Crippen molar-refractivity contribution in [1.82, 2.24) is 0 Å². The van der Waals surface area contributed by atoms with E-state index >= 15 is 0 Å². The van der Waals surface area contributed by atoms with E-state index in [1.165, 1.54) is 5.56 Å². The third-order valence-corrected chi connectivity index (χ3v) is 3.86. The van der Waals surface area contributed by atoms with E-state index in [9.17, 15) is 4.79 Å². The van der Waals surface area contributed by atoms with Gasteiger partial charge in [0.15, 0.2) is 6.61 Å². The lowest BCUT2D eigenvalue weighted by atomic mass is 10.0. The van der Waals surface area contributed by atoms with E-state index in [2.05, 4.69) is 19.2 Å². The predicted octanol–water partition coefficient (Wildman–Crippen LogP) is 5.13. The molecular weight excluding hydrogens is 321 g/mol. The molecule has 0 unspecified atom stereocenters. The van der Waals surface area contributed by atoms with Gasteiger partial charge < -0.3 is 10.1 Å². The predicted molar refractivity (Wildman–Crippen MR) is 91.1 cm³/mol. The summed E-state index contributed by atoms with van der Waals surface area (Å²) in [7, 11) is 0. The Hall–Kier alpha value is -1.71. The highest BCUT2D eigenvalue weighted by atomic mass is 35.5. The van der Waals surface area contributed by atoms with Crippen LogP contribution in [0.1, 0.15) is 25.3 Å². The van der Waals surface area contributed by atoms with Crippen LogP contribution in [0.3, 0.4) is 0 Å². The Balaban J connectivity index is 1.88. The Morgan fingerprint density at radius 2 is 1.77 bits per heavy atom. The first kappa shape index (κ1) is 16.7. The first-order chi connectivity index (χ1) is 10.5. The van der Waals surface area contributed by atoms with E-state index in [1.54, 1.807) is 18.2 Å². The Morgan fingerprint density at radius 1 is 1.09 bits per heavy atom. The van der Waals surface area contributed by atoms with Crippen LogP contribution in [0.5, 0.6) is 5.75 Å². The lowest BCUT2D eigenvalue weighted by Gasteiger charge is -2.10. The number of amides is 1. The Bertz CT molecular complexity index is 654. The van der Waals surface area contributed by atoms with E-state index in [-0.39, 0.29) is 12.5 Å². The summed E-state index contributed by atoms with van der Waals surface area (Å²) in [6.45, 7) is 4.18. The quantitative estimate of drug-likeness (QED) is 0.820. The molecule has 1 N–H and O–H groups in total. The highest BCUT2D eigenvalue weighted by Crippen LogP contribution is 2.25. The van der Waals surface area contributed by atoms with Gasteiger partial charge in [0.25, 0.3) is 5.91 Å². The Kier molecular flexibility index (Phi) is 5.69. The Labute approximate surface area is 140 Å². The lowest BCUT2D eigenvalue weighted by molar-refractivity contribution is -0.118. The molecule has 0 atom stereocenters. The monoisotopic (exact) mass is 337 g/mol. The molecule has 0 aliphatic carbocycles. The first-order valence-electron chi connectivity index (χ1n) is 6.93. The fourth-order valence-electron chi connectivity index (χ4n) is 1.87. The molecule has 5 heteroatoms. The molecule has 0 saturated heterocycles. The summed E-state index contributed by atoms with van der Waals surface area (Å²) in [6.07, 6.45) is 0. The average Bonchev–Trinajstić information content (AvgIpc) is 2.49. The molecular formula is C17H17Cl2NO2. The third-order valence-electron chi connectivity index (χ3n) is 3.12. The van der Waals surface area contributed by atoms with Gasteiger partial charge in [-0.15, -0.1) is 0 Å². The number of nitrogens with one attached hydrogen (secondary N) is 1. The highest BCUT2D eigenvalue weighted by Gasteiger charge is 2.06. The standard InChI is InChI=1S/C17H17Cl2NO2/c1-11(2)12-3-6-14(7-4-12)22-10-17(21)20-13-5-8-15(18)16(19)9-13/h3-9,11H,10H2,1-2H3,(H,20,21). The van der Waals surface area contributed by atoms with Gasteiger partial charge in [-0.1, -0.05) is 49.2 Å². The topological polar surface area (TPSA) is 38.3 Å². The van der Waals surface area contributed by atoms with Gasteiger partial charge in [-0.05, 0) is 41.8 Å². The number of benzene rings is 2. The van der Waals surface area contributed by atoms with Gasteiger partial charge in [0, 0.05) is 5.69 Å². The first-order valence-corrected chi connectivity index (χ1v) is 7.69. The summed E-state index contributed by atoms with van der Waals surface area (Å²) in [6, 6.07) is 12.6. The molecule has 0 bridgehead atoms. The van der Waals surface area contributed by atoms with Crippen LogP contribution in [-0.4, -0.2) is 12.5 Å². The van der Waals surface area contributed by atoms with Crippen LogP contribution in [0.2, 0.25) is 10.0 Å². The van der Waals surface area contributed by atoms with Gasteiger partial charge in [-0.3, -0.25) is 4.79 Å². The SMILES string of the molecule is CC(C)c1ccc(OCC(=O)Nc2ccc(Cl)c(Cl)c2)cc1.